The Balaban J connectivity index is 2.00. The van der Waals surface area contributed by atoms with Crippen LogP contribution in [0.15, 0.2) is 57.5 Å². The fraction of sp³-hybridized carbons (Fsp3) is 0.286. The van der Waals surface area contributed by atoms with Crippen molar-refractivity contribution < 1.29 is 19.0 Å². The van der Waals surface area contributed by atoms with Gasteiger partial charge in [-0.15, -0.1) is 0 Å². The van der Waals surface area contributed by atoms with Crippen molar-refractivity contribution in [1.29, 1.82) is 5.26 Å². The van der Waals surface area contributed by atoms with E-state index in [9.17, 15) is 9.59 Å². The predicted molar refractivity (Wildman–Crippen MR) is 158 cm³/mol. The van der Waals surface area contributed by atoms with Crippen molar-refractivity contribution in [3.8, 4) is 17.6 Å². The van der Waals surface area contributed by atoms with E-state index in [1.54, 1.807) is 32.1 Å². The van der Waals surface area contributed by atoms with Gasteiger partial charge in [-0.05, 0) is 74.6 Å². The molecule has 3 aromatic rings. The van der Waals surface area contributed by atoms with Gasteiger partial charge in [-0.2, -0.15) is 5.26 Å². The molecule has 1 aliphatic heterocycles. The lowest BCUT2D eigenvalue weighted by Crippen LogP contribution is -2.40. The van der Waals surface area contributed by atoms with Crippen LogP contribution in [0.25, 0.3) is 6.08 Å². The van der Waals surface area contributed by atoms with Gasteiger partial charge >= 0.3 is 5.97 Å². The standard InChI is InChI=1S/C28H25ClIN3O5S/c1-5-36-27(35)23-16(4)32-28-33(24(23)19-8-6-7-9-21(19)38-15(2)3)26(34)22(39-28)13-17-12-18(29)14-20(30)25(17)37-11-10-31/h6-9,12-15,24H,5,11H2,1-4H3/b22-13-/t24-/m1/s1. The fourth-order valence-electron chi connectivity index (χ4n) is 4.24. The minimum absolute atomic E-state index is 0.129. The number of ether oxygens (including phenoxy) is 3. The molecule has 0 spiro atoms. The highest BCUT2D eigenvalue weighted by molar-refractivity contribution is 14.1. The summed E-state index contributed by atoms with van der Waals surface area (Å²) >= 11 is 9.57. The Labute approximate surface area is 247 Å². The van der Waals surface area contributed by atoms with Crippen LogP contribution >= 0.6 is 45.5 Å². The third kappa shape index (κ3) is 6.05. The summed E-state index contributed by atoms with van der Waals surface area (Å²) < 4.78 is 19.7. The minimum Gasteiger partial charge on any atom is -0.491 e. The number of nitriles is 1. The van der Waals surface area contributed by atoms with Gasteiger partial charge in [0, 0.05) is 16.1 Å². The first-order valence-electron chi connectivity index (χ1n) is 12.1. The minimum atomic E-state index is -0.814. The first-order valence-corrected chi connectivity index (χ1v) is 14.4. The molecule has 0 fully saturated rings. The number of fused-ring (bicyclic) bond motifs is 1. The lowest BCUT2D eigenvalue weighted by Gasteiger charge is -2.26. The second kappa shape index (κ2) is 12.4. The molecule has 4 rings (SSSR count). The first-order chi connectivity index (χ1) is 18.7. The van der Waals surface area contributed by atoms with Crippen LogP contribution in [-0.2, 0) is 9.53 Å². The number of allylic oxidation sites excluding steroid dienone is 1. The molecule has 0 saturated carbocycles. The smallest absolute Gasteiger partial charge is 0.338 e. The summed E-state index contributed by atoms with van der Waals surface area (Å²) in [5, 5.41) is 9.48. The number of carbonyl (C=O) groups excluding carboxylic acids is 1. The Kier molecular flexibility index (Phi) is 9.15. The maximum absolute atomic E-state index is 14.0. The molecule has 2 heterocycles. The normalized spacial score (nSPS) is 15.0. The van der Waals surface area contributed by atoms with Crippen LogP contribution in [0.3, 0.4) is 0 Å². The number of nitrogens with zero attached hydrogens (tertiary/aromatic N) is 3. The summed E-state index contributed by atoms with van der Waals surface area (Å²) in [4.78, 5) is 32.3. The summed E-state index contributed by atoms with van der Waals surface area (Å²) in [6, 6.07) is 11.9. The van der Waals surface area contributed by atoms with Gasteiger partial charge in [-0.3, -0.25) is 9.36 Å². The highest BCUT2D eigenvalue weighted by Crippen LogP contribution is 2.36. The van der Waals surface area contributed by atoms with E-state index < -0.39 is 12.0 Å². The van der Waals surface area contributed by atoms with Crippen molar-refractivity contribution in [3.05, 3.63) is 87.1 Å². The summed E-state index contributed by atoms with van der Waals surface area (Å²) in [5.41, 5.74) is 1.57. The van der Waals surface area contributed by atoms with E-state index in [4.69, 9.17) is 31.1 Å². The van der Waals surface area contributed by atoms with Crippen molar-refractivity contribution in [2.24, 2.45) is 4.99 Å². The molecule has 39 heavy (non-hydrogen) atoms. The molecule has 1 atom stereocenters. The van der Waals surface area contributed by atoms with Gasteiger partial charge in [0.1, 0.15) is 23.6 Å². The van der Waals surface area contributed by atoms with Crippen LogP contribution in [0.5, 0.6) is 11.5 Å². The number of hydrogen-bond acceptors (Lipinski definition) is 8. The number of hydrogen-bond donors (Lipinski definition) is 0. The molecule has 0 radical (unpaired) electrons. The molecule has 1 aliphatic rings. The summed E-state index contributed by atoms with van der Waals surface area (Å²) in [5.74, 6) is 0.456. The Hall–Kier alpha value is -3.14. The number of benzene rings is 2. The Bertz CT molecular complexity index is 1690. The van der Waals surface area contributed by atoms with Gasteiger partial charge in [-0.25, -0.2) is 9.79 Å². The van der Waals surface area contributed by atoms with Crippen LogP contribution in [0.1, 0.15) is 44.9 Å². The van der Waals surface area contributed by atoms with E-state index in [2.05, 4.69) is 27.6 Å². The summed E-state index contributed by atoms with van der Waals surface area (Å²) in [7, 11) is 0. The van der Waals surface area contributed by atoms with Crippen LogP contribution in [0, 0.1) is 14.9 Å². The van der Waals surface area contributed by atoms with Crippen molar-refractivity contribution in [3.63, 3.8) is 0 Å². The second-order valence-electron chi connectivity index (χ2n) is 8.76. The number of carbonyl (C=O) groups is 1. The highest BCUT2D eigenvalue weighted by atomic mass is 127. The van der Waals surface area contributed by atoms with Crippen molar-refractivity contribution >= 4 is 57.6 Å². The number of halogens is 2. The van der Waals surface area contributed by atoms with Gasteiger partial charge in [0.2, 0.25) is 0 Å². The van der Waals surface area contributed by atoms with E-state index >= 15 is 0 Å². The molecule has 1 aromatic heterocycles. The quantitative estimate of drug-likeness (QED) is 0.252. The molecular formula is C28H25ClIN3O5S. The van der Waals surface area contributed by atoms with Gasteiger partial charge in [-0.1, -0.05) is 41.1 Å². The number of esters is 1. The number of thiazole rings is 1. The zero-order valence-electron chi connectivity index (χ0n) is 21.7. The van der Waals surface area contributed by atoms with Crippen LogP contribution < -0.4 is 24.4 Å². The van der Waals surface area contributed by atoms with Crippen LogP contribution in [0.2, 0.25) is 5.02 Å². The van der Waals surface area contributed by atoms with Crippen molar-refractivity contribution in [1.82, 2.24) is 4.57 Å². The third-order valence-corrected chi connectivity index (χ3v) is 7.70. The topological polar surface area (TPSA) is 103 Å². The molecule has 11 heteroatoms. The lowest BCUT2D eigenvalue weighted by molar-refractivity contribution is -0.139. The summed E-state index contributed by atoms with van der Waals surface area (Å²) in [6.07, 6.45) is 1.54. The van der Waals surface area contributed by atoms with E-state index in [1.807, 2.05) is 44.2 Å². The molecule has 0 saturated heterocycles. The highest BCUT2D eigenvalue weighted by Gasteiger charge is 2.35. The maximum atomic E-state index is 14.0. The molecule has 0 aliphatic carbocycles. The molecule has 0 N–H and O–H groups in total. The molecule has 202 valence electrons. The monoisotopic (exact) mass is 677 g/mol. The third-order valence-electron chi connectivity index (χ3n) is 5.70. The number of para-hydroxylation sites is 1. The van der Waals surface area contributed by atoms with Crippen LogP contribution in [0.4, 0.5) is 0 Å². The zero-order chi connectivity index (χ0) is 28.3. The van der Waals surface area contributed by atoms with E-state index in [0.717, 1.165) is 0 Å². The first kappa shape index (κ1) is 28.9. The molecule has 2 aromatic carbocycles. The largest absolute Gasteiger partial charge is 0.491 e. The zero-order valence-corrected chi connectivity index (χ0v) is 25.4. The molecule has 0 bridgehead atoms. The van der Waals surface area contributed by atoms with E-state index in [1.165, 1.54) is 15.9 Å². The van der Waals surface area contributed by atoms with Crippen LogP contribution in [-0.4, -0.2) is 29.9 Å². The average molecular weight is 678 g/mol. The van der Waals surface area contributed by atoms with Gasteiger partial charge < -0.3 is 14.2 Å². The number of rotatable bonds is 8. The van der Waals surface area contributed by atoms with Gasteiger partial charge in [0.25, 0.3) is 5.56 Å². The Morgan fingerprint density at radius 2 is 2.08 bits per heavy atom. The molecule has 0 unspecified atom stereocenters. The Morgan fingerprint density at radius 1 is 1.33 bits per heavy atom. The fourth-order valence-corrected chi connectivity index (χ4v) is 6.49. The van der Waals surface area contributed by atoms with Crippen molar-refractivity contribution in [2.45, 2.75) is 39.8 Å². The molecule has 8 nitrogen and oxygen atoms in total. The van der Waals surface area contributed by atoms with E-state index in [-0.39, 0.29) is 30.5 Å². The summed E-state index contributed by atoms with van der Waals surface area (Å²) in [6.45, 7) is 7.30. The van der Waals surface area contributed by atoms with Crippen molar-refractivity contribution in [2.75, 3.05) is 13.2 Å². The maximum Gasteiger partial charge on any atom is 0.338 e. The molecular weight excluding hydrogens is 653 g/mol. The lowest BCUT2D eigenvalue weighted by atomic mass is 9.95. The SMILES string of the molecule is CCOC(=O)C1=C(C)N=c2s/c(=C\c3cc(Cl)cc(I)c3OCC#N)c(=O)n2[C@@H]1c1ccccc1OC(C)C. The molecule has 0 amide bonds. The average Bonchev–Trinajstić information content (AvgIpc) is 3.17. The van der Waals surface area contributed by atoms with Gasteiger partial charge in [0.15, 0.2) is 11.4 Å². The number of aromatic nitrogens is 1. The second-order valence-corrected chi connectivity index (χ2v) is 11.4. The predicted octanol–water partition coefficient (Wildman–Crippen LogP) is 4.75. The van der Waals surface area contributed by atoms with E-state index in [0.29, 0.717) is 46.2 Å². The van der Waals surface area contributed by atoms with Gasteiger partial charge in [0.05, 0.1) is 32.1 Å². The Morgan fingerprint density at radius 3 is 2.77 bits per heavy atom.